The highest BCUT2D eigenvalue weighted by Crippen LogP contribution is 2.35. The number of fused-ring (bicyclic) bond motifs is 1. The quantitative estimate of drug-likeness (QED) is 0.769. The fourth-order valence-electron chi connectivity index (χ4n) is 3.29. The monoisotopic (exact) mass is 390 g/mol. The Balaban J connectivity index is 1.43. The van der Waals surface area contributed by atoms with Gasteiger partial charge in [-0.1, -0.05) is 6.92 Å². The summed E-state index contributed by atoms with van der Waals surface area (Å²) in [4.78, 5) is 2.06. The molecule has 1 aromatic heterocycles. The van der Waals surface area contributed by atoms with Crippen LogP contribution >= 0.6 is 0 Å². The summed E-state index contributed by atoms with van der Waals surface area (Å²) in [6.07, 6.45) is 0.634. The van der Waals surface area contributed by atoms with E-state index in [4.69, 9.17) is 9.47 Å². The summed E-state index contributed by atoms with van der Waals surface area (Å²) >= 11 is 0. The van der Waals surface area contributed by atoms with Gasteiger partial charge in [0.15, 0.2) is 17.3 Å². The van der Waals surface area contributed by atoms with Crippen LogP contribution in [0.3, 0.4) is 0 Å². The molecular formula is C18H22N4O4S. The molecule has 0 N–H and O–H groups in total. The van der Waals surface area contributed by atoms with E-state index in [-0.39, 0.29) is 12.5 Å². The second-order valence-electron chi connectivity index (χ2n) is 6.55. The Morgan fingerprint density at radius 2 is 1.78 bits per heavy atom. The van der Waals surface area contributed by atoms with Crippen LogP contribution in [0.4, 0.5) is 5.82 Å². The van der Waals surface area contributed by atoms with Crippen LogP contribution in [0.25, 0.3) is 11.3 Å². The third-order valence-corrected chi connectivity index (χ3v) is 6.81. The molecule has 4 rings (SSSR count). The van der Waals surface area contributed by atoms with E-state index < -0.39 is 10.0 Å². The number of rotatable bonds is 5. The van der Waals surface area contributed by atoms with Gasteiger partial charge in [-0.25, -0.2) is 8.42 Å². The summed E-state index contributed by atoms with van der Waals surface area (Å²) in [6.45, 7) is 4.30. The molecule has 0 unspecified atom stereocenters. The second-order valence-corrected chi connectivity index (χ2v) is 8.64. The van der Waals surface area contributed by atoms with Crippen molar-refractivity contribution in [1.29, 1.82) is 0 Å². The zero-order valence-electron chi connectivity index (χ0n) is 15.2. The van der Waals surface area contributed by atoms with Crippen molar-refractivity contribution >= 4 is 15.8 Å². The van der Waals surface area contributed by atoms with E-state index in [0.717, 1.165) is 22.8 Å². The van der Waals surface area contributed by atoms with Crippen molar-refractivity contribution in [2.45, 2.75) is 13.3 Å². The SMILES string of the molecule is CCCS(=O)(=O)N1CCN(c2ccc(-c3ccc4c(c3)OCO4)nn2)CC1. The van der Waals surface area contributed by atoms with Gasteiger partial charge in [0.25, 0.3) is 0 Å². The van der Waals surface area contributed by atoms with E-state index in [9.17, 15) is 8.42 Å². The van der Waals surface area contributed by atoms with Crippen LogP contribution in [-0.4, -0.2) is 61.6 Å². The van der Waals surface area contributed by atoms with Gasteiger partial charge in [0.2, 0.25) is 16.8 Å². The smallest absolute Gasteiger partial charge is 0.231 e. The van der Waals surface area contributed by atoms with Gasteiger partial charge < -0.3 is 14.4 Å². The first-order valence-electron chi connectivity index (χ1n) is 9.03. The topological polar surface area (TPSA) is 84.9 Å². The van der Waals surface area contributed by atoms with E-state index in [2.05, 4.69) is 15.1 Å². The first-order chi connectivity index (χ1) is 13.1. The molecule has 9 heteroatoms. The number of anilines is 1. The molecule has 1 aromatic carbocycles. The average molecular weight is 390 g/mol. The Morgan fingerprint density at radius 1 is 1.00 bits per heavy atom. The first-order valence-corrected chi connectivity index (χ1v) is 10.6. The molecule has 8 nitrogen and oxygen atoms in total. The second kappa shape index (κ2) is 7.32. The van der Waals surface area contributed by atoms with Crippen molar-refractivity contribution < 1.29 is 17.9 Å². The standard InChI is InChI=1S/C18H22N4O4S/c1-2-11-27(23,24)22-9-7-21(8-10-22)18-6-4-15(19-20-18)14-3-5-16-17(12-14)26-13-25-16/h3-6,12H,2,7-11,13H2,1H3. The van der Waals surface area contributed by atoms with Crippen LogP contribution in [0.1, 0.15) is 13.3 Å². The molecule has 0 saturated carbocycles. The number of piperazine rings is 1. The van der Waals surface area contributed by atoms with Crippen molar-refractivity contribution in [1.82, 2.24) is 14.5 Å². The fourth-order valence-corrected chi connectivity index (χ4v) is 4.78. The van der Waals surface area contributed by atoms with Gasteiger partial charge in [-0.3, -0.25) is 0 Å². The molecule has 1 saturated heterocycles. The molecule has 0 atom stereocenters. The van der Waals surface area contributed by atoms with Crippen LogP contribution in [0, 0.1) is 0 Å². The van der Waals surface area contributed by atoms with Crippen LogP contribution in [0.5, 0.6) is 11.5 Å². The number of aromatic nitrogens is 2. The molecule has 0 amide bonds. The van der Waals surface area contributed by atoms with Crippen LogP contribution in [-0.2, 0) is 10.0 Å². The van der Waals surface area contributed by atoms with Crippen molar-refractivity contribution in [3.8, 4) is 22.8 Å². The third kappa shape index (κ3) is 3.70. The van der Waals surface area contributed by atoms with Crippen molar-refractivity contribution in [2.24, 2.45) is 0 Å². The van der Waals surface area contributed by atoms with Gasteiger partial charge in [0.05, 0.1) is 11.4 Å². The molecule has 0 bridgehead atoms. The number of sulfonamides is 1. The maximum atomic E-state index is 12.2. The zero-order chi connectivity index (χ0) is 18.9. The Bertz CT molecular complexity index is 909. The van der Waals surface area contributed by atoms with Crippen LogP contribution < -0.4 is 14.4 Å². The molecule has 0 radical (unpaired) electrons. The largest absolute Gasteiger partial charge is 0.454 e. The average Bonchev–Trinajstić information content (AvgIpc) is 3.16. The van der Waals surface area contributed by atoms with Crippen LogP contribution in [0.2, 0.25) is 0 Å². The van der Waals surface area contributed by atoms with E-state index >= 15 is 0 Å². The summed E-state index contributed by atoms with van der Waals surface area (Å²) in [5, 5.41) is 8.66. The van der Waals surface area contributed by atoms with Gasteiger partial charge in [0.1, 0.15) is 0 Å². The highest BCUT2D eigenvalue weighted by atomic mass is 32.2. The molecule has 144 valence electrons. The fraction of sp³-hybridized carbons (Fsp3) is 0.444. The molecule has 3 heterocycles. The normalized spacial score (nSPS) is 17.3. The Hall–Kier alpha value is -2.39. The van der Waals surface area contributed by atoms with Gasteiger partial charge >= 0.3 is 0 Å². The number of benzene rings is 1. The van der Waals surface area contributed by atoms with Gasteiger partial charge in [0, 0.05) is 31.7 Å². The van der Waals surface area contributed by atoms with E-state index in [1.807, 2.05) is 37.3 Å². The lowest BCUT2D eigenvalue weighted by molar-refractivity contribution is 0.174. The van der Waals surface area contributed by atoms with Crippen LogP contribution in [0.15, 0.2) is 30.3 Å². The molecule has 0 aliphatic carbocycles. The van der Waals surface area contributed by atoms with Gasteiger partial charge in [-0.05, 0) is 36.8 Å². The summed E-state index contributed by atoms with van der Waals surface area (Å²) in [5.74, 6) is 2.41. The summed E-state index contributed by atoms with van der Waals surface area (Å²) < 4.78 is 36.6. The minimum Gasteiger partial charge on any atom is -0.454 e. The van der Waals surface area contributed by atoms with E-state index in [0.29, 0.717) is 38.3 Å². The van der Waals surface area contributed by atoms with E-state index in [1.165, 1.54) is 0 Å². The zero-order valence-corrected chi connectivity index (χ0v) is 16.0. The number of hydrogen-bond acceptors (Lipinski definition) is 7. The summed E-state index contributed by atoms with van der Waals surface area (Å²) in [6, 6.07) is 9.52. The minimum atomic E-state index is -3.14. The first kappa shape index (κ1) is 18.0. The maximum Gasteiger partial charge on any atom is 0.231 e. The summed E-state index contributed by atoms with van der Waals surface area (Å²) in [5.41, 5.74) is 1.66. The number of ether oxygens (including phenoxy) is 2. The lowest BCUT2D eigenvalue weighted by Crippen LogP contribution is -2.49. The van der Waals surface area contributed by atoms with Crippen molar-refractivity contribution in [3.05, 3.63) is 30.3 Å². The maximum absolute atomic E-state index is 12.2. The summed E-state index contributed by atoms with van der Waals surface area (Å²) in [7, 11) is -3.14. The Kier molecular flexibility index (Phi) is 4.88. The molecule has 1 fully saturated rings. The van der Waals surface area contributed by atoms with E-state index in [1.54, 1.807) is 4.31 Å². The van der Waals surface area contributed by atoms with Crippen molar-refractivity contribution in [2.75, 3.05) is 43.6 Å². The molecule has 2 aliphatic rings. The number of hydrogen-bond donors (Lipinski definition) is 0. The predicted octanol–water partition coefficient (Wildman–Crippen LogP) is 1.73. The Morgan fingerprint density at radius 3 is 2.48 bits per heavy atom. The van der Waals surface area contributed by atoms with Crippen molar-refractivity contribution in [3.63, 3.8) is 0 Å². The highest BCUT2D eigenvalue weighted by molar-refractivity contribution is 7.89. The molecule has 2 aliphatic heterocycles. The van der Waals surface area contributed by atoms with Gasteiger partial charge in [-0.15, -0.1) is 10.2 Å². The lowest BCUT2D eigenvalue weighted by Gasteiger charge is -2.34. The third-order valence-electron chi connectivity index (χ3n) is 4.74. The van der Waals surface area contributed by atoms with Gasteiger partial charge in [-0.2, -0.15) is 4.31 Å². The molecule has 2 aromatic rings. The minimum absolute atomic E-state index is 0.205. The molecule has 27 heavy (non-hydrogen) atoms. The lowest BCUT2D eigenvalue weighted by atomic mass is 10.1. The number of nitrogens with zero attached hydrogens (tertiary/aromatic N) is 4. The molecule has 0 spiro atoms. The highest BCUT2D eigenvalue weighted by Gasteiger charge is 2.26. The predicted molar refractivity (Wildman–Crippen MR) is 101 cm³/mol. The Labute approximate surface area is 158 Å². The molecular weight excluding hydrogens is 368 g/mol.